The number of aryl methyl sites for hydroxylation is 2. The van der Waals surface area contributed by atoms with Crippen LogP contribution in [0.3, 0.4) is 0 Å². The van der Waals surface area contributed by atoms with Gasteiger partial charge in [-0.05, 0) is 52.4 Å². The lowest BCUT2D eigenvalue weighted by Gasteiger charge is -2.21. The molecule has 2 rings (SSSR count). The second-order valence-corrected chi connectivity index (χ2v) is 5.46. The van der Waals surface area contributed by atoms with Crippen LogP contribution in [0.4, 0.5) is 0 Å². The molecule has 20 heavy (non-hydrogen) atoms. The molecule has 0 unspecified atom stereocenters. The second kappa shape index (κ2) is 6.90. The molecule has 1 saturated heterocycles. The Labute approximate surface area is 120 Å². The van der Waals surface area contributed by atoms with Crippen molar-refractivity contribution >= 4 is 5.91 Å². The van der Waals surface area contributed by atoms with Crippen LogP contribution in [0, 0.1) is 13.8 Å². The third-order valence-corrected chi connectivity index (χ3v) is 3.83. The summed E-state index contributed by atoms with van der Waals surface area (Å²) < 4.78 is 5.46. The molecule has 2 heterocycles. The van der Waals surface area contributed by atoms with E-state index in [1.165, 1.54) is 0 Å². The summed E-state index contributed by atoms with van der Waals surface area (Å²) in [6, 6.07) is 1.84. The lowest BCUT2D eigenvalue weighted by molar-refractivity contribution is 0.0759. The predicted octanol–water partition coefficient (Wildman–Crippen LogP) is 1.39. The predicted molar refractivity (Wildman–Crippen MR) is 78.8 cm³/mol. The van der Waals surface area contributed by atoms with Crippen LogP contribution in [-0.4, -0.2) is 55.0 Å². The summed E-state index contributed by atoms with van der Waals surface area (Å²) in [5, 5.41) is 0. The molecule has 1 amide bonds. The monoisotopic (exact) mass is 279 g/mol. The maximum absolute atomic E-state index is 12.5. The molecule has 1 aliphatic heterocycles. The highest BCUT2D eigenvalue weighted by atomic mass is 16.3. The van der Waals surface area contributed by atoms with E-state index >= 15 is 0 Å². The largest absolute Gasteiger partial charge is 0.466 e. The van der Waals surface area contributed by atoms with E-state index in [0.717, 1.165) is 63.6 Å². The van der Waals surface area contributed by atoms with Gasteiger partial charge in [-0.2, -0.15) is 0 Å². The summed E-state index contributed by atoms with van der Waals surface area (Å²) in [7, 11) is 0. The minimum atomic E-state index is 0.0972. The zero-order chi connectivity index (χ0) is 14.5. The fraction of sp³-hybridized carbons (Fsp3) is 0.667. The van der Waals surface area contributed by atoms with E-state index < -0.39 is 0 Å². The molecular formula is C15H25N3O2. The van der Waals surface area contributed by atoms with E-state index in [1.807, 2.05) is 24.8 Å². The van der Waals surface area contributed by atoms with E-state index in [2.05, 4.69) is 4.90 Å². The van der Waals surface area contributed by atoms with Crippen molar-refractivity contribution in [1.82, 2.24) is 9.80 Å². The fourth-order valence-electron chi connectivity index (χ4n) is 2.73. The van der Waals surface area contributed by atoms with Crippen LogP contribution in [0.1, 0.15) is 34.7 Å². The third kappa shape index (κ3) is 3.61. The van der Waals surface area contributed by atoms with Gasteiger partial charge in [0.1, 0.15) is 11.5 Å². The van der Waals surface area contributed by atoms with Crippen molar-refractivity contribution < 1.29 is 9.21 Å². The van der Waals surface area contributed by atoms with Gasteiger partial charge in [0, 0.05) is 19.6 Å². The van der Waals surface area contributed by atoms with Gasteiger partial charge >= 0.3 is 0 Å². The minimum absolute atomic E-state index is 0.0972. The van der Waals surface area contributed by atoms with E-state index in [1.54, 1.807) is 0 Å². The van der Waals surface area contributed by atoms with Gasteiger partial charge in [0.25, 0.3) is 5.91 Å². The van der Waals surface area contributed by atoms with Crippen LogP contribution >= 0.6 is 0 Å². The van der Waals surface area contributed by atoms with Crippen LogP contribution in [0.25, 0.3) is 0 Å². The van der Waals surface area contributed by atoms with E-state index in [0.29, 0.717) is 5.56 Å². The average Bonchev–Trinajstić information content (AvgIpc) is 2.65. The minimum Gasteiger partial charge on any atom is -0.466 e. The van der Waals surface area contributed by atoms with Gasteiger partial charge < -0.3 is 20.0 Å². The normalized spacial score (nSPS) is 17.2. The molecule has 0 aromatic carbocycles. The molecular weight excluding hydrogens is 254 g/mol. The van der Waals surface area contributed by atoms with Crippen LogP contribution in [0.15, 0.2) is 10.5 Å². The van der Waals surface area contributed by atoms with Crippen molar-refractivity contribution in [2.75, 3.05) is 39.3 Å². The topological polar surface area (TPSA) is 62.7 Å². The van der Waals surface area contributed by atoms with Crippen LogP contribution < -0.4 is 5.73 Å². The Morgan fingerprint density at radius 1 is 1.30 bits per heavy atom. The number of carbonyl (C=O) groups excluding carboxylic acids is 1. The van der Waals surface area contributed by atoms with Gasteiger partial charge in [-0.3, -0.25) is 4.79 Å². The molecule has 2 N–H and O–H groups in total. The number of carbonyl (C=O) groups is 1. The number of hydrogen-bond donors (Lipinski definition) is 1. The Hall–Kier alpha value is -1.33. The maximum atomic E-state index is 12.5. The van der Waals surface area contributed by atoms with Gasteiger partial charge in [-0.25, -0.2) is 0 Å². The smallest absolute Gasteiger partial charge is 0.257 e. The molecule has 0 spiro atoms. The highest BCUT2D eigenvalue weighted by molar-refractivity contribution is 5.95. The standard InChI is InChI=1S/C15H25N3O2/c1-12-11-14(13(2)20-12)15(19)18-8-4-7-17(9-10-18)6-3-5-16/h11H,3-10,16H2,1-2H3. The van der Waals surface area contributed by atoms with Crippen molar-refractivity contribution in [3.8, 4) is 0 Å². The number of rotatable bonds is 4. The maximum Gasteiger partial charge on any atom is 0.257 e. The van der Waals surface area contributed by atoms with Crippen molar-refractivity contribution in [3.05, 3.63) is 23.2 Å². The van der Waals surface area contributed by atoms with Crippen molar-refractivity contribution in [2.45, 2.75) is 26.7 Å². The Kier molecular flexibility index (Phi) is 5.20. The first-order chi connectivity index (χ1) is 9.61. The highest BCUT2D eigenvalue weighted by Gasteiger charge is 2.22. The summed E-state index contributed by atoms with van der Waals surface area (Å²) in [5.41, 5.74) is 6.26. The zero-order valence-corrected chi connectivity index (χ0v) is 12.5. The first kappa shape index (κ1) is 15.1. The van der Waals surface area contributed by atoms with Gasteiger partial charge in [-0.15, -0.1) is 0 Å². The molecule has 0 saturated carbocycles. The van der Waals surface area contributed by atoms with Crippen LogP contribution in [-0.2, 0) is 0 Å². The molecule has 112 valence electrons. The summed E-state index contributed by atoms with van der Waals surface area (Å²) in [5.74, 6) is 1.61. The Morgan fingerprint density at radius 2 is 2.10 bits per heavy atom. The SMILES string of the molecule is Cc1cc(C(=O)N2CCCN(CCCN)CC2)c(C)o1. The van der Waals surface area contributed by atoms with E-state index in [4.69, 9.17) is 10.2 Å². The van der Waals surface area contributed by atoms with Crippen molar-refractivity contribution in [2.24, 2.45) is 5.73 Å². The first-order valence-electron chi connectivity index (χ1n) is 7.40. The summed E-state index contributed by atoms with van der Waals surface area (Å²) >= 11 is 0. The van der Waals surface area contributed by atoms with Crippen molar-refractivity contribution in [3.63, 3.8) is 0 Å². The van der Waals surface area contributed by atoms with Gasteiger partial charge in [0.2, 0.25) is 0 Å². The number of amides is 1. The molecule has 5 heteroatoms. The van der Waals surface area contributed by atoms with Gasteiger partial charge in [-0.1, -0.05) is 0 Å². The Bertz CT molecular complexity index is 456. The van der Waals surface area contributed by atoms with Crippen LogP contribution in [0.2, 0.25) is 0 Å². The third-order valence-electron chi connectivity index (χ3n) is 3.83. The number of furan rings is 1. The Balaban J connectivity index is 1.96. The molecule has 1 fully saturated rings. The first-order valence-corrected chi connectivity index (χ1v) is 7.40. The molecule has 1 aliphatic rings. The summed E-state index contributed by atoms with van der Waals surface area (Å²) in [4.78, 5) is 16.9. The number of nitrogens with two attached hydrogens (primary N) is 1. The molecule has 1 aromatic rings. The number of hydrogen-bond acceptors (Lipinski definition) is 4. The molecule has 5 nitrogen and oxygen atoms in total. The molecule has 0 bridgehead atoms. The second-order valence-electron chi connectivity index (χ2n) is 5.46. The summed E-state index contributed by atoms with van der Waals surface area (Å²) in [6.45, 7) is 9.07. The molecule has 1 aromatic heterocycles. The average molecular weight is 279 g/mol. The van der Waals surface area contributed by atoms with E-state index in [9.17, 15) is 4.79 Å². The lowest BCUT2D eigenvalue weighted by Crippen LogP contribution is -2.35. The fourth-order valence-corrected chi connectivity index (χ4v) is 2.73. The lowest BCUT2D eigenvalue weighted by atomic mass is 10.2. The summed E-state index contributed by atoms with van der Waals surface area (Å²) in [6.07, 6.45) is 2.04. The quantitative estimate of drug-likeness (QED) is 0.905. The zero-order valence-electron chi connectivity index (χ0n) is 12.5. The Morgan fingerprint density at radius 3 is 2.75 bits per heavy atom. The van der Waals surface area contributed by atoms with E-state index in [-0.39, 0.29) is 5.91 Å². The van der Waals surface area contributed by atoms with Crippen molar-refractivity contribution in [1.29, 1.82) is 0 Å². The molecule has 0 atom stereocenters. The highest BCUT2D eigenvalue weighted by Crippen LogP contribution is 2.17. The van der Waals surface area contributed by atoms with Gasteiger partial charge in [0.05, 0.1) is 5.56 Å². The molecule has 0 radical (unpaired) electrons. The molecule has 0 aliphatic carbocycles. The van der Waals surface area contributed by atoms with Crippen LogP contribution in [0.5, 0.6) is 0 Å². The number of nitrogens with zero attached hydrogens (tertiary/aromatic N) is 2. The van der Waals surface area contributed by atoms with Gasteiger partial charge in [0.15, 0.2) is 0 Å².